The van der Waals surface area contributed by atoms with E-state index in [0.29, 0.717) is 12.2 Å². The summed E-state index contributed by atoms with van der Waals surface area (Å²) in [6, 6.07) is 0. The number of nitrogens with zero attached hydrogens (tertiary/aromatic N) is 1. The fraction of sp³-hybridized carbons (Fsp3) is 0.600. The Morgan fingerprint density at radius 2 is 2.44 bits per heavy atom. The Morgan fingerprint density at radius 1 is 1.78 bits per heavy atom. The summed E-state index contributed by atoms with van der Waals surface area (Å²) in [6.07, 6.45) is 3.41. The van der Waals surface area contributed by atoms with Crippen molar-refractivity contribution in [3.8, 4) is 0 Å². The standard InChI is InChI=1S/C5H7NO2S/c1-9-3-2-5(8)6-4-7/h2-3H2,1H3. The second-order valence-corrected chi connectivity index (χ2v) is 2.33. The van der Waals surface area contributed by atoms with E-state index in [9.17, 15) is 9.59 Å². The topological polar surface area (TPSA) is 46.5 Å². The molecule has 0 saturated carbocycles. The van der Waals surface area contributed by atoms with Crippen molar-refractivity contribution in [1.29, 1.82) is 0 Å². The molecule has 0 aliphatic carbocycles. The SMILES string of the molecule is CSCCC(=O)N=C=O. The zero-order chi connectivity index (χ0) is 7.11. The summed E-state index contributed by atoms with van der Waals surface area (Å²) in [5.74, 6) is 0.323. The molecule has 0 atom stereocenters. The van der Waals surface area contributed by atoms with Gasteiger partial charge in [-0.3, -0.25) is 4.79 Å². The highest BCUT2D eigenvalue weighted by molar-refractivity contribution is 7.98. The molecule has 0 bridgehead atoms. The lowest BCUT2D eigenvalue weighted by Crippen LogP contribution is -1.93. The molecule has 0 unspecified atom stereocenters. The molecule has 0 N–H and O–H groups in total. The zero-order valence-corrected chi connectivity index (χ0v) is 5.90. The van der Waals surface area contributed by atoms with Gasteiger partial charge in [-0.2, -0.15) is 11.8 Å². The Hall–Kier alpha value is -0.600. The predicted molar refractivity (Wildman–Crippen MR) is 36.1 cm³/mol. The van der Waals surface area contributed by atoms with E-state index in [-0.39, 0.29) is 5.91 Å². The molecule has 0 aromatic heterocycles. The van der Waals surface area contributed by atoms with Crippen molar-refractivity contribution in [1.82, 2.24) is 0 Å². The minimum atomic E-state index is -0.389. The van der Waals surface area contributed by atoms with Crippen LogP contribution < -0.4 is 0 Å². The Morgan fingerprint density at radius 3 is 2.89 bits per heavy atom. The van der Waals surface area contributed by atoms with Gasteiger partial charge in [-0.1, -0.05) is 0 Å². The maximum atomic E-state index is 10.4. The minimum Gasteiger partial charge on any atom is -0.272 e. The molecule has 1 amide bonds. The Labute approximate surface area is 57.5 Å². The van der Waals surface area contributed by atoms with Crippen LogP contribution in [-0.4, -0.2) is 24.0 Å². The number of thioether (sulfide) groups is 1. The molecular formula is C5H7NO2S. The molecule has 0 aliphatic rings. The van der Waals surface area contributed by atoms with E-state index in [1.54, 1.807) is 11.8 Å². The second-order valence-electron chi connectivity index (χ2n) is 1.34. The van der Waals surface area contributed by atoms with Crippen molar-refractivity contribution in [2.45, 2.75) is 6.42 Å². The van der Waals surface area contributed by atoms with E-state index in [2.05, 4.69) is 4.99 Å². The van der Waals surface area contributed by atoms with Gasteiger partial charge in [0.25, 0.3) is 5.91 Å². The maximum Gasteiger partial charge on any atom is 0.257 e. The number of hydrogen-bond acceptors (Lipinski definition) is 3. The summed E-state index contributed by atoms with van der Waals surface area (Å²) >= 11 is 1.55. The quantitative estimate of drug-likeness (QED) is 0.431. The minimum absolute atomic E-state index is 0.330. The Bertz CT molecular complexity index is 140. The monoisotopic (exact) mass is 145 g/mol. The van der Waals surface area contributed by atoms with E-state index in [0.717, 1.165) is 0 Å². The van der Waals surface area contributed by atoms with E-state index in [4.69, 9.17) is 0 Å². The van der Waals surface area contributed by atoms with Crippen LogP contribution in [-0.2, 0) is 9.59 Å². The molecule has 0 saturated heterocycles. The first kappa shape index (κ1) is 8.40. The van der Waals surface area contributed by atoms with Crippen LogP contribution in [0.3, 0.4) is 0 Å². The second kappa shape index (κ2) is 5.54. The first-order valence-corrected chi connectivity index (χ1v) is 3.80. The van der Waals surface area contributed by atoms with Gasteiger partial charge in [-0.05, 0) is 6.26 Å². The van der Waals surface area contributed by atoms with Gasteiger partial charge in [0.05, 0.1) is 0 Å². The van der Waals surface area contributed by atoms with Gasteiger partial charge in [-0.15, -0.1) is 4.99 Å². The van der Waals surface area contributed by atoms with Gasteiger partial charge in [0.2, 0.25) is 6.08 Å². The number of rotatable bonds is 3. The maximum absolute atomic E-state index is 10.4. The zero-order valence-electron chi connectivity index (χ0n) is 5.09. The fourth-order valence-corrected chi connectivity index (χ4v) is 0.675. The van der Waals surface area contributed by atoms with Gasteiger partial charge < -0.3 is 0 Å². The Balaban J connectivity index is 3.39. The predicted octanol–water partition coefficient (Wildman–Crippen LogP) is 0.602. The molecule has 9 heavy (non-hydrogen) atoms. The highest BCUT2D eigenvalue weighted by Gasteiger charge is 1.94. The third kappa shape index (κ3) is 5.27. The molecule has 0 rings (SSSR count). The number of carbonyl (C=O) groups is 1. The summed E-state index contributed by atoms with van der Waals surface area (Å²) in [5, 5.41) is 0. The van der Waals surface area contributed by atoms with Crippen LogP contribution in [0.25, 0.3) is 0 Å². The van der Waals surface area contributed by atoms with Crippen LogP contribution in [0.2, 0.25) is 0 Å². The van der Waals surface area contributed by atoms with Crippen molar-refractivity contribution in [2.75, 3.05) is 12.0 Å². The lowest BCUT2D eigenvalue weighted by Gasteiger charge is -1.86. The molecule has 4 heteroatoms. The van der Waals surface area contributed by atoms with Gasteiger partial charge in [0.15, 0.2) is 0 Å². The van der Waals surface area contributed by atoms with Gasteiger partial charge in [-0.25, -0.2) is 4.79 Å². The van der Waals surface area contributed by atoms with Crippen LogP contribution in [0.4, 0.5) is 0 Å². The van der Waals surface area contributed by atoms with Crippen molar-refractivity contribution in [3.05, 3.63) is 0 Å². The molecule has 0 fully saturated rings. The summed E-state index contributed by atoms with van der Waals surface area (Å²) in [6.45, 7) is 0. The van der Waals surface area contributed by atoms with Gasteiger partial charge in [0.1, 0.15) is 0 Å². The summed E-state index contributed by atoms with van der Waals surface area (Å²) in [5.41, 5.74) is 0. The van der Waals surface area contributed by atoms with Crippen molar-refractivity contribution >= 4 is 23.7 Å². The molecule has 0 aromatic rings. The lowest BCUT2D eigenvalue weighted by atomic mass is 10.5. The highest BCUT2D eigenvalue weighted by Crippen LogP contribution is 1.95. The van der Waals surface area contributed by atoms with Crippen LogP contribution >= 0.6 is 11.8 Å². The summed E-state index contributed by atoms with van der Waals surface area (Å²) < 4.78 is 0. The van der Waals surface area contributed by atoms with Crippen LogP contribution in [0.15, 0.2) is 4.99 Å². The first-order valence-electron chi connectivity index (χ1n) is 2.41. The van der Waals surface area contributed by atoms with Crippen LogP contribution in [0.1, 0.15) is 6.42 Å². The van der Waals surface area contributed by atoms with Crippen molar-refractivity contribution < 1.29 is 9.59 Å². The fourth-order valence-electron chi connectivity index (χ4n) is 0.296. The molecular weight excluding hydrogens is 138 g/mol. The first-order chi connectivity index (χ1) is 4.31. The molecule has 0 heterocycles. The average Bonchev–Trinajstić information content (AvgIpc) is 1.85. The van der Waals surface area contributed by atoms with E-state index >= 15 is 0 Å². The molecule has 0 spiro atoms. The number of hydrogen-bond donors (Lipinski definition) is 0. The van der Waals surface area contributed by atoms with E-state index in [1.807, 2.05) is 6.26 Å². The Kier molecular flexibility index (Phi) is 5.17. The molecule has 0 aromatic carbocycles. The summed E-state index contributed by atoms with van der Waals surface area (Å²) in [7, 11) is 0. The average molecular weight is 145 g/mol. The normalized spacial score (nSPS) is 8.11. The third-order valence-corrected chi connectivity index (χ3v) is 1.30. The highest BCUT2D eigenvalue weighted by atomic mass is 32.2. The third-order valence-electron chi connectivity index (χ3n) is 0.690. The number of isocyanates is 1. The lowest BCUT2D eigenvalue weighted by molar-refractivity contribution is -0.117. The molecule has 0 radical (unpaired) electrons. The molecule has 0 aliphatic heterocycles. The van der Waals surface area contributed by atoms with Crippen LogP contribution in [0, 0.1) is 0 Å². The number of aliphatic imine (C=N–C) groups is 1. The molecule has 50 valence electrons. The van der Waals surface area contributed by atoms with Gasteiger partial charge in [0, 0.05) is 12.2 Å². The smallest absolute Gasteiger partial charge is 0.257 e. The van der Waals surface area contributed by atoms with Crippen molar-refractivity contribution in [2.24, 2.45) is 4.99 Å². The van der Waals surface area contributed by atoms with Crippen LogP contribution in [0.5, 0.6) is 0 Å². The van der Waals surface area contributed by atoms with Gasteiger partial charge >= 0.3 is 0 Å². The largest absolute Gasteiger partial charge is 0.272 e. The molecule has 3 nitrogen and oxygen atoms in total. The number of carbonyl (C=O) groups excluding carboxylic acids is 2. The summed E-state index contributed by atoms with van der Waals surface area (Å²) in [4.78, 5) is 22.7. The number of amides is 1. The van der Waals surface area contributed by atoms with E-state index in [1.165, 1.54) is 6.08 Å². The van der Waals surface area contributed by atoms with Crippen molar-refractivity contribution in [3.63, 3.8) is 0 Å². The van der Waals surface area contributed by atoms with E-state index < -0.39 is 0 Å².